The molecule has 0 radical (unpaired) electrons. The zero-order valence-corrected chi connectivity index (χ0v) is 15.7. The van der Waals surface area contributed by atoms with Gasteiger partial charge in [-0.3, -0.25) is 0 Å². The van der Waals surface area contributed by atoms with Crippen molar-refractivity contribution in [3.05, 3.63) is 72.1 Å². The molecule has 0 aliphatic heterocycles. The van der Waals surface area contributed by atoms with Gasteiger partial charge >= 0.3 is 6.18 Å². The van der Waals surface area contributed by atoms with Crippen LogP contribution in [0.3, 0.4) is 0 Å². The summed E-state index contributed by atoms with van der Waals surface area (Å²) in [5.74, 6) is 1.06. The zero-order valence-electron chi connectivity index (χ0n) is 15.7. The highest BCUT2D eigenvalue weighted by Gasteiger charge is 2.39. The summed E-state index contributed by atoms with van der Waals surface area (Å²) in [7, 11) is 1.56. The van der Waals surface area contributed by atoms with Crippen LogP contribution >= 0.6 is 0 Å². The van der Waals surface area contributed by atoms with Crippen LogP contribution in [0, 0.1) is 6.92 Å². The second kappa shape index (κ2) is 7.12. The lowest BCUT2D eigenvalue weighted by Gasteiger charge is -2.10. The number of hydrogen-bond donors (Lipinski definition) is 1. The van der Waals surface area contributed by atoms with Crippen LogP contribution in [0.1, 0.15) is 11.4 Å². The molecule has 0 amide bonds. The molecular weight excluding hydrogens is 381 g/mol. The lowest BCUT2D eigenvalue weighted by molar-refractivity contribution is -0.140. The topological polar surface area (TPSA) is 51.5 Å². The first-order valence-electron chi connectivity index (χ1n) is 8.81. The fraction of sp³-hybridized carbons (Fsp3) is 0.143. The molecule has 0 aliphatic carbocycles. The summed E-state index contributed by atoms with van der Waals surface area (Å²) >= 11 is 0. The molecule has 2 aromatic heterocycles. The Morgan fingerprint density at radius 1 is 1.00 bits per heavy atom. The van der Waals surface area contributed by atoms with Crippen molar-refractivity contribution in [1.82, 2.24) is 14.6 Å². The molecule has 148 valence electrons. The third-order valence-corrected chi connectivity index (χ3v) is 4.41. The number of nitrogens with one attached hydrogen (secondary N) is 1. The molecule has 0 bridgehead atoms. The summed E-state index contributed by atoms with van der Waals surface area (Å²) < 4.78 is 47.7. The van der Waals surface area contributed by atoms with Crippen LogP contribution < -0.4 is 10.1 Å². The standard InChI is InChI=1S/C21H17F3N4O/c1-13-12-17(26-15-8-10-16(29-2)11-9-15)28-20(25-13)18(14-6-4-3-5-7-14)19(27-28)21(22,23)24/h3-12,26H,1-2H3. The van der Waals surface area contributed by atoms with E-state index < -0.39 is 11.9 Å². The van der Waals surface area contributed by atoms with Gasteiger partial charge in [-0.25, -0.2) is 4.98 Å². The molecule has 5 nitrogen and oxygen atoms in total. The highest BCUT2D eigenvalue weighted by molar-refractivity contribution is 5.82. The van der Waals surface area contributed by atoms with E-state index in [1.54, 1.807) is 74.7 Å². The van der Waals surface area contributed by atoms with E-state index in [1.807, 2.05) is 0 Å². The number of nitrogens with zero attached hydrogens (tertiary/aromatic N) is 3. The van der Waals surface area contributed by atoms with Gasteiger partial charge in [0, 0.05) is 17.4 Å². The van der Waals surface area contributed by atoms with E-state index in [1.165, 1.54) is 4.52 Å². The molecule has 0 aliphatic rings. The largest absolute Gasteiger partial charge is 0.497 e. The van der Waals surface area contributed by atoms with Gasteiger partial charge in [0.25, 0.3) is 0 Å². The van der Waals surface area contributed by atoms with Crippen LogP contribution in [0.2, 0.25) is 0 Å². The Morgan fingerprint density at radius 2 is 1.69 bits per heavy atom. The SMILES string of the molecule is COc1ccc(Nc2cc(C)nc3c(-c4ccccc4)c(C(F)(F)F)nn23)cc1. The van der Waals surface area contributed by atoms with Gasteiger partial charge < -0.3 is 10.1 Å². The molecule has 0 saturated heterocycles. The fourth-order valence-electron chi connectivity index (χ4n) is 3.12. The summed E-state index contributed by atoms with van der Waals surface area (Å²) in [5.41, 5.74) is 0.782. The van der Waals surface area contributed by atoms with Crippen LogP contribution in [-0.4, -0.2) is 21.7 Å². The minimum Gasteiger partial charge on any atom is -0.497 e. The fourth-order valence-corrected chi connectivity index (χ4v) is 3.12. The number of anilines is 2. The van der Waals surface area contributed by atoms with Gasteiger partial charge in [-0.1, -0.05) is 30.3 Å². The van der Waals surface area contributed by atoms with Crippen molar-refractivity contribution in [2.24, 2.45) is 0 Å². The average molecular weight is 398 g/mol. The molecule has 0 unspecified atom stereocenters. The molecule has 4 rings (SSSR count). The molecule has 2 heterocycles. The number of hydrogen-bond acceptors (Lipinski definition) is 4. The Hall–Kier alpha value is -3.55. The monoisotopic (exact) mass is 398 g/mol. The minimum atomic E-state index is -4.62. The van der Waals surface area contributed by atoms with E-state index in [9.17, 15) is 13.2 Å². The number of rotatable bonds is 4. The normalized spacial score (nSPS) is 11.6. The quantitative estimate of drug-likeness (QED) is 0.495. The first kappa shape index (κ1) is 18.8. The van der Waals surface area contributed by atoms with Crippen molar-refractivity contribution in [3.63, 3.8) is 0 Å². The Bertz CT molecular complexity index is 1150. The second-order valence-electron chi connectivity index (χ2n) is 6.46. The molecule has 4 aromatic rings. The maximum Gasteiger partial charge on any atom is 0.435 e. The van der Waals surface area contributed by atoms with Gasteiger partial charge in [0.15, 0.2) is 11.3 Å². The zero-order chi connectivity index (χ0) is 20.6. The Morgan fingerprint density at radius 3 is 2.31 bits per heavy atom. The predicted octanol–water partition coefficient (Wildman–Crippen LogP) is 5.48. The summed E-state index contributed by atoms with van der Waals surface area (Å²) in [4.78, 5) is 4.36. The highest BCUT2D eigenvalue weighted by atomic mass is 19.4. The Balaban J connectivity index is 1.92. The number of benzene rings is 2. The van der Waals surface area contributed by atoms with E-state index in [0.29, 0.717) is 28.5 Å². The number of aromatic nitrogens is 3. The number of fused-ring (bicyclic) bond motifs is 1. The van der Waals surface area contributed by atoms with Crippen molar-refractivity contribution >= 4 is 17.2 Å². The molecule has 0 saturated carbocycles. The van der Waals surface area contributed by atoms with E-state index >= 15 is 0 Å². The highest BCUT2D eigenvalue weighted by Crippen LogP contribution is 2.39. The van der Waals surface area contributed by atoms with Crippen molar-refractivity contribution in [1.29, 1.82) is 0 Å². The Labute approximate surface area is 164 Å². The third kappa shape index (κ3) is 3.61. The first-order chi connectivity index (χ1) is 13.9. The second-order valence-corrected chi connectivity index (χ2v) is 6.46. The van der Waals surface area contributed by atoms with Gasteiger partial charge in [-0.2, -0.15) is 22.8 Å². The van der Waals surface area contributed by atoms with Crippen LogP contribution in [0.4, 0.5) is 24.7 Å². The minimum absolute atomic E-state index is 0.0421. The molecule has 8 heteroatoms. The van der Waals surface area contributed by atoms with Crippen LogP contribution in [0.25, 0.3) is 16.8 Å². The number of ether oxygens (including phenoxy) is 1. The number of methoxy groups -OCH3 is 1. The van der Waals surface area contributed by atoms with E-state index in [2.05, 4.69) is 15.4 Å². The van der Waals surface area contributed by atoms with Crippen LogP contribution in [0.5, 0.6) is 5.75 Å². The smallest absolute Gasteiger partial charge is 0.435 e. The summed E-state index contributed by atoms with van der Waals surface area (Å²) in [6.45, 7) is 1.73. The molecule has 1 N–H and O–H groups in total. The molecule has 29 heavy (non-hydrogen) atoms. The maximum atomic E-state index is 13.8. The van der Waals surface area contributed by atoms with Gasteiger partial charge in [0.05, 0.1) is 12.7 Å². The predicted molar refractivity (Wildman–Crippen MR) is 104 cm³/mol. The molecule has 0 spiro atoms. The number of aryl methyl sites for hydroxylation is 1. The number of halogens is 3. The summed E-state index contributed by atoms with van der Waals surface area (Å²) in [6, 6.07) is 17.1. The van der Waals surface area contributed by atoms with E-state index in [-0.39, 0.29) is 11.2 Å². The van der Waals surface area contributed by atoms with Crippen molar-refractivity contribution in [2.45, 2.75) is 13.1 Å². The van der Waals surface area contributed by atoms with Crippen LogP contribution in [-0.2, 0) is 6.18 Å². The van der Waals surface area contributed by atoms with Crippen LogP contribution in [0.15, 0.2) is 60.7 Å². The molecule has 0 fully saturated rings. The summed E-state index contributed by atoms with van der Waals surface area (Å²) in [6.07, 6.45) is -4.62. The van der Waals surface area contributed by atoms with Crippen molar-refractivity contribution in [3.8, 4) is 16.9 Å². The summed E-state index contributed by atoms with van der Waals surface area (Å²) in [5, 5.41) is 6.99. The lowest BCUT2D eigenvalue weighted by Crippen LogP contribution is -2.08. The molecule has 0 atom stereocenters. The van der Waals surface area contributed by atoms with Gasteiger partial charge in [0.1, 0.15) is 11.6 Å². The third-order valence-electron chi connectivity index (χ3n) is 4.41. The lowest BCUT2D eigenvalue weighted by atomic mass is 10.1. The van der Waals surface area contributed by atoms with Crippen molar-refractivity contribution in [2.75, 3.05) is 12.4 Å². The average Bonchev–Trinajstić information content (AvgIpc) is 3.09. The Kier molecular flexibility index (Phi) is 4.62. The van der Waals surface area contributed by atoms with Gasteiger partial charge in [0.2, 0.25) is 0 Å². The van der Waals surface area contributed by atoms with Crippen molar-refractivity contribution < 1.29 is 17.9 Å². The first-order valence-corrected chi connectivity index (χ1v) is 8.81. The van der Waals surface area contributed by atoms with Gasteiger partial charge in [-0.15, -0.1) is 0 Å². The van der Waals surface area contributed by atoms with E-state index in [4.69, 9.17) is 4.74 Å². The maximum absolute atomic E-state index is 13.8. The molecular formula is C21H17F3N4O. The van der Waals surface area contributed by atoms with Gasteiger partial charge in [-0.05, 0) is 36.8 Å². The molecule has 2 aromatic carbocycles. The van der Waals surface area contributed by atoms with E-state index in [0.717, 1.165) is 0 Å². The number of alkyl halides is 3.